The first-order chi connectivity index (χ1) is 13.6. The van der Waals surface area contributed by atoms with E-state index < -0.39 is 0 Å². The molecule has 1 heterocycles. The molecule has 4 nitrogen and oxygen atoms in total. The van der Waals surface area contributed by atoms with Crippen molar-refractivity contribution < 1.29 is 5.11 Å². The Bertz CT molecular complexity index is 1020. The molecule has 0 saturated carbocycles. The van der Waals surface area contributed by atoms with E-state index in [0.717, 1.165) is 17.0 Å². The number of phenolic OH excluding ortho intramolecular Hbond substituents is 1. The number of anilines is 1. The van der Waals surface area contributed by atoms with Gasteiger partial charge in [0.15, 0.2) is 5.11 Å². The summed E-state index contributed by atoms with van der Waals surface area (Å²) in [7, 11) is 0. The van der Waals surface area contributed by atoms with Crippen molar-refractivity contribution in [3.63, 3.8) is 0 Å². The number of rotatable bonds is 3. The van der Waals surface area contributed by atoms with Gasteiger partial charge in [0.25, 0.3) is 0 Å². The summed E-state index contributed by atoms with van der Waals surface area (Å²) in [6.45, 7) is 0. The quantitative estimate of drug-likeness (QED) is 0.555. The standard InChI is InChI=1S/C22H18ClN3OS/c23-16-12-10-15(11-13-16)20-14-19(18-8-4-5-9-21(18)27)25-26(20)22(28)24-17-6-2-1-3-7-17/h1-13,20,27H,14H2,(H,24,28)/t20-/m0/s1. The van der Waals surface area contributed by atoms with Crippen LogP contribution in [0.3, 0.4) is 0 Å². The van der Waals surface area contributed by atoms with Gasteiger partial charge in [-0.2, -0.15) is 5.10 Å². The lowest BCUT2D eigenvalue weighted by Gasteiger charge is -2.25. The van der Waals surface area contributed by atoms with Crippen LogP contribution in [0.5, 0.6) is 5.75 Å². The largest absolute Gasteiger partial charge is 0.507 e. The Morgan fingerprint density at radius 2 is 1.68 bits per heavy atom. The Hall–Kier alpha value is -2.89. The van der Waals surface area contributed by atoms with Crippen LogP contribution in [0, 0.1) is 0 Å². The molecule has 140 valence electrons. The maximum atomic E-state index is 10.3. The van der Waals surface area contributed by atoms with Gasteiger partial charge in [-0.1, -0.05) is 54.1 Å². The fraction of sp³-hybridized carbons (Fsp3) is 0.0909. The average molecular weight is 408 g/mol. The lowest BCUT2D eigenvalue weighted by molar-refractivity contribution is 0.375. The molecule has 0 unspecified atom stereocenters. The van der Waals surface area contributed by atoms with Gasteiger partial charge >= 0.3 is 0 Å². The minimum atomic E-state index is -0.0874. The molecule has 0 spiro atoms. The number of halogens is 1. The van der Waals surface area contributed by atoms with Gasteiger partial charge in [0.05, 0.1) is 11.8 Å². The van der Waals surface area contributed by atoms with Crippen molar-refractivity contribution in [2.45, 2.75) is 12.5 Å². The molecule has 0 bridgehead atoms. The molecule has 0 fully saturated rings. The zero-order valence-corrected chi connectivity index (χ0v) is 16.5. The zero-order chi connectivity index (χ0) is 19.5. The number of aromatic hydroxyl groups is 1. The van der Waals surface area contributed by atoms with E-state index in [1.807, 2.05) is 66.7 Å². The molecule has 0 amide bonds. The van der Waals surface area contributed by atoms with Crippen molar-refractivity contribution in [2.24, 2.45) is 5.10 Å². The molecule has 1 aliphatic heterocycles. The van der Waals surface area contributed by atoms with Crippen molar-refractivity contribution in [3.8, 4) is 5.75 Å². The first-order valence-corrected chi connectivity index (χ1v) is 9.67. The first kappa shape index (κ1) is 18.5. The summed E-state index contributed by atoms with van der Waals surface area (Å²) in [5.74, 6) is 0.208. The van der Waals surface area contributed by atoms with Crippen molar-refractivity contribution in [1.29, 1.82) is 0 Å². The van der Waals surface area contributed by atoms with E-state index in [2.05, 4.69) is 5.32 Å². The third-order valence-corrected chi connectivity index (χ3v) is 5.15. The van der Waals surface area contributed by atoms with Crippen molar-refractivity contribution in [1.82, 2.24) is 5.01 Å². The van der Waals surface area contributed by atoms with E-state index in [-0.39, 0.29) is 11.8 Å². The molecule has 1 aliphatic rings. The second-order valence-corrected chi connectivity index (χ2v) is 7.30. The molecule has 4 rings (SSSR count). The summed E-state index contributed by atoms with van der Waals surface area (Å²) >= 11 is 11.7. The van der Waals surface area contributed by atoms with Gasteiger partial charge in [0.2, 0.25) is 0 Å². The minimum absolute atomic E-state index is 0.0874. The predicted molar refractivity (Wildman–Crippen MR) is 118 cm³/mol. The van der Waals surface area contributed by atoms with Crippen LogP contribution in [0.25, 0.3) is 0 Å². The lowest BCUT2D eigenvalue weighted by Crippen LogP contribution is -2.31. The zero-order valence-electron chi connectivity index (χ0n) is 14.9. The highest BCUT2D eigenvalue weighted by atomic mass is 35.5. The Morgan fingerprint density at radius 1 is 1.00 bits per heavy atom. The van der Waals surface area contributed by atoms with Crippen molar-refractivity contribution >= 4 is 40.3 Å². The van der Waals surface area contributed by atoms with Crippen LogP contribution in [0.2, 0.25) is 5.02 Å². The molecular weight excluding hydrogens is 390 g/mol. The lowest BCUT2D eigenvalue weighted by atomic mass is 9.98. The Labute approximate surface area is 174 Å². The molecule has 0 radical (unpaired) electrons. The Balaban J connectivity index is 1.68. The monoisotopic (exact) mass is 407 g/mol. The van der Waals surface area contributed by atoms with Crippen LogP contribution in [-0.2, 0) is 0 Å². The highest BCUT2D eigenvalue weighted by molar-refractivity contribution is 7.80. The Morgan fingerprint density at radius 3 is 2.39 bits per heavy atom. The summed E-state index contributed by atoms with van der Waals surface area (Å²) in [5.41, 5.74) is 3.45. The summed E-state index contributed by atoms with van der Waals surface area (Å²) in [6.07, 6.45) is 0.621. The number of para-hydroxylation sites is 2. The van der Waals surface area contributed by atoms with Gasteiger partial charge < -0.3 is 10.4 Å². The van der Waals surface area contributed by atoms with Crippen LogP contribution in [0.1, 0.15) is 23.6 Å². The maximum Gasteiger partial charge on any atom is 0.194 e. The highest BCUT2D eigenvalue weighted by Crippen LogP contribution is 2.35. The molecule has 6 heteroatoms. The van der Waals surface area contributed by atoms with Gasteiger partial charge in [0, 0.05) is 22.7 Å². The number of hydrazone groups is 1. The number of benzene rings is 3. The van der Waals surface area contributed by atoms with Gasteiger partial charge in [0.1, 0.15) is 5.75 Å². The fourth-order valence-corrected chi connectivity index (χ4v) is 3.64. The van der Waals surface area contributed by atoms with Gasteiger partial charge in [-0.25, -0.2) is 5.01 Å². The number of hydrogen-bond donors (Lipinski definition) is 2. The number of nitrogens with zero attached hydrogens (tertiary/aromatic N) is 2. The van der Waals surface area contributed by atoms with E-state index in [1.54, 1.807) is 17.1 Å². The fourth-order valence-electron chi connectivity index (χ4n) is 3.22. The van der Waals surface area contributed by atoms with E-state index in [4.69, 9.17) is 28.9 Å². The SMILES string of the molecule is Oc1ccccc1C1=NN(C(=S)Nc2ccccc2)[C@H](c2ccc(Cl)cc2)C1. The van der Waals surface area contributed by atoms with Crippen molar-refractivity contribution in [2.75, 3.05) is 5.32 Å². The molecule has 2 N–H and O–H groups in total. The van der Waals surface area contributed by atoms with Gasteiger partial charge in [-0.3, -0.25) is 0 Å². The Kier molecular flexibility index (Phi) is 5.28. The molecule has 3 aromatic rings. The minimum Gasteiger partial charge on any atom is -0.507 e. The second-order valence-electron chi connectivity index (χ2n) is 6.48. The van der Waals surface area contributed by atoms with Crippen LogP contribution in [0.4, 0.5) is 5.69 Å². The number of thiocarbonyl (C=S) groups is 1. The van der Waals surface area contributed by atoms with Crippen LogP contribution >= 0.6 is 23.8 Å². The van der Waals surface area contributed by atoms with Crippen molar-refractivity contribution in [3.05, 3.63) is 95.0 Å². The third kappa shape index (κ3) is 3.86. The molecule has 1 atom stereocenters. The average Bonchev–Trinajstić information content (AvgIpc) is 3.15. The van der Waals surface area contributed by atoms with E-state index >= 15 is 0 Å². The van der Waals surface area contributed by atoms with Crippen LogP contribution in [-0.4, -0.2) is 20.9 Å². The molecule has 0 aromatic heterocycles. The van der Waals surface area contributed by atoms with Gasteiger partial charge in [-0.15, -0.1) is 0 Å². The summed E-state index contributed by atoms with van der Waals surface area (Å²) in [5, 5.41) is 21.2. The molecule has 0 saturated heterocycles. The summed E-state index contributed by atoms with van der Waals surface area (Å²) < 4.78 is 0. The third-order valence-electron chi connectivity index (χ3n) is 4.61. The van der Waals surface area contributed by atoms with Crippen LogP contribution < -0.4 is 5.32 Å². The molecule has 3 aromatic carbocycles. The molecule has 0 aliphatic carbocycles. The summed E-state index contributed by atoms with van der Waals surface area (Å²) in [6, 6.07) is 24.6. The smallest absolute Gasteiger partial charge is 0.194 e. The summed E-state index contributed by atoms with van der Waals surface area (Å²) in [4.78, 5) is 0. The van der Waals surface area contributed by atoms with E-state index in [0.29, 0.717) is 22.1 Å². The number of nitrogens with one attached hydrogen (secondary N) is 1. The maximum absolute atomic E-state index is 10.3. The van der Waals surface area contributed by atoms with E-state index in [9.17, 15) is 5.11 Å². The topological polar surface area (TPSA) is 47.9 Å². The molecular formula is C22H18ClN3OS. The van der Waals surface area contributed by atoms with E-state index in [1.165, 1.54) is 0 Å². The first-order valence-electron chi connectivity index (χ1n) is 8.88. The van der Waals surface area contributed by atoms with Gasteiger partial charge in [-0.05, 0) is 54.2 Å². The predicted octanol–water partition coefficient (Wildman–Crippen LogP) is 5.59. The number of hydrogen-bond acceptors (Lipinski definition) is 3. The molecule has 28 heavy (non-hydrogen) atoms. The van der Waals surface area contributed by atoms with Crippen LogP contribution in [0.15, 0.2) is 84.0 Å². The number of phenols is 1. The normalized spacial score (nSPS) is 16.0. The highest BCUT2D eigenvalue weighted by Gasteiger charge is 2.32. The second kappa shape index (κ2) is 8.00.